The molecule has 0 radical (unpaired) electrons. The van der Waals surface area contributed by atoms with Gasteiger partial charge < -0.3 is 9.84 Å². The van der Waals surface area contributed by atoms with Crippen LogP contribution in [0, 0.1) is 10.8 Å². The van der Waals surface area contributed by atoms with E-state index in [0.29, 0.717) is 11.6 Å². The number of phenols is 1. The summed E-state index contributed by atoms with van der Waals surface area (Å²) in [6.45, 7) is 14.8. The highest BCUT2D eigenvalue weighted by Crippen LogP contribution is 2.40. The minimum absolute atomic E-state index is 0.0980. The third-order valence-electron chi connectivity index (χ3n) is 4.60. The normalized spacial score (nSPS) is 20.9. The Hall–Kier alpha value is -2.37. The van der Waals surface area contributed by atoms with Gasteiger partial charge in [0.1, 0.15) is 0 Å². The van der Waals surface area contributed by atoms with Crippen molar-refractivity contribution >= 4 is 17.8 Å². The maximum absolute atomic E-state index is 9.67. The van der Waals surface area contributed by atoms with Gasteiger partial charge in [-0.1, -0.05) is 41.5 Å². The minimum Gasteiger partial charge on any atom is -0.504 e. The quantitative estimate of drug-likeness (QED) is 0.633. The summed E-state index contributed by atoms with van der Waals surface area (Å²) in [6.07, 6.45) is 1.66. The fourth-order valence-corrected chi connectivity index (χ4v) is 2.45. The molecule has 0 saturated heterocycles. The summed E-state index contributed by atoms with van der Waals surface area (Å²) in [5.41, 5.74) is 3.98. The molecule has 0 bridgehead atoms. The number of hydrogen-bond acceptors (Lipinski definition) is 6. The van der Waals surface area contributed by atoms with Crippen molar-refractivity contribution in [2.75, 3.05) is 7.11 Å². The molecular weight excluding hydrogens is 328 g/mol. The molecule has 0 aromatic heterocycles. The van der Waals surface area contributed by atoms with E-state index in [2.05, 4.69) is 52.1 Å². The van der Waals surface area contributed by atoms with Crippen molar-refractivity contribution < 1.29 is 9.84 Å². The topological polar surface area (TPSA) is 78.6 Å². The SMILES string of the molecule is COc1cc(/C=N/NC2=NC(C)(C(C)(C)C)N=C2C(C)(C)C)ccc1O. The number of benzene rings is 1. The van der Waals surface area contributed by atoms with E-state index in [4.69, 9.17) is 14.7 Å². The second-order valence-electron chi connectivity index (χ2n) is 8.74. The first kappa shape index (κ1) is 19.9. The van der Waals surface area contributed by atoms with Crippen molar-refractivity contribution in [3.8, 4) is 11.5 Å². The zero-order valence-electron chi connectivity index (χ0n) is 17.0. The molecule has 1 aromatic carbocycles. The molecule has 2 N–H and O–H groups in total. The first-order valence-electron chi connectivity index (χ1n) is 8.74. The molecule has 1 aromatic rings. The Kier molecular flexibility index (Phi) is 5.17. The molecule has 0 aliphatic carbocycles. The minimum atomic E-state index is -0.533. The van der Waals surface area contributed by atoms with Crippen LogP contribution in [0.4, 0.5) is 0 Å². The van der Waals surface area contributed by atoms with Crippen LogP contribution >= 0.6 is 0 Å². The van der Waals surface area contributed by atoms with Crippen LogP contribution in [0.25, 0.3) is 0 Å². The van der Waals surface area contributed by atoms with Gasteiger partial charge in [0, 0.05) is 10.8 Å². The van der Waals surface area contributed by atoms with Crippen LogP contribution in [0.3, 0.4) is 0 Å². The van der Waals surface area contributed by atoms with Gasteiger partial charge in [0.25, 0.3) is 0 Å². The monoisotopic (exact) mass is 358 g/mol. The Balaban J connectivity index is 2.27. The predicted molar refractivity (Wildman–Crippen MR) is 108 cm³/mol. The number of phenolic OH excluding ortho intramolecular Hbond substituents is 1. The lowest BCUT2D eigenvalue weighted by Gasteiger charge is -2.33. The Morgan fingerprint density at radius 2 is 1.81 bits per heavy atom. The van der Waals surface area contributed by atoms with Gasteiger partial charge in [0.2, 0.25) is 0 Å². The number of hydrazone groups is 1. The van der Waals surface area contributed by atoms with Crippen molar-refractivity contribution in [2.45, 2.75) is 54.1 Å². The summed E-state index contributed by atoms with van der Waals surface area (Å²) >= 11 is 0. The maximum Gasteiger partial charge on any atom is 0.166 e. The number of nitrogens with one attached hydrogen (secondary N) is 1. The van der Waals surface area contributed by atoms with Crippen LogP contribution in [-0.2, 0) is 0 Å². The molecule has 2 rings (SSSR count). The highest BCUT2D eigenvalue weighted by atomic mass is 16.5. The summed E-state index contributed by atoms with van der Waals surface area (Å²) in [4.78, 5) is 9.77. The molecule has 0 fully saturated rings. The number of nitrogens with zero attached hydrogens (tertiary/aromatic N) is 3. The van der Waals surface area contributed by atoms with Gasteiger partial charge in [-0.05, 0) is 30.7 Å². The average molecular weight is 358 g/mol. The van der Waals surface area contributed by atoms with Gasteiger partial charge in [0.15, 0.2) is 23.0 Å². The van der Waals surface area contributed by atoms with Crippen molar-refractivity contribution in [3.63, 3.8) is 0 Å². The van der Waals surface area contributed by atoms with Crippen LogP contribution in [0.5, 0.6) is 11.5 Å². The molecule has 142 valence electrons. The van der Waals surface area contributed by atoms with Gasteiger partial charge in [0.05, 0.1) is 19.0 Å². The van der Waals surface area contributed by atoms with Crippen molar-refractivity contribution in [1.82, 2.24) is 5.43 Å². The number of methoxy groups -OCH3 is 1. The summed E-state index contributed by atoms with van der Waals surface area (Å²) in [6, 6.07) is 5.05. The van der Waals surface area contributed by atoms with E-state index in [9.17, 15) is 5.11 Å². The van der Waals surface area contributed by atoms with Gasteiger partial charge >= 0.3 is 0 Å². The van der Waals surface area contributed by atoms with Gasteiger partial charge in [-0.25, -0.2) is 4.99 Å². The van der Waals surface area contributed by atoms with Crippen LogP contribution in [-0.4, -0.2) is 35.6 Å². The highest BCUT2D eigenvalue weighted by molar-refractivity contribution is 6.44. The molecule has 1 heterocycles. The maximum atomic E-state index is 9.67. The summed E-state index contributed by atoms with van der Waals surface area (Å²) in [5, 5.41) is 14.0. The second-order valence-corrected chi connectivity index (χ2v) is 8.74. The molecular formula is C20H30N4O2. The standard InChI is InChI=1S/C20H30N4O2/c1-18(2,3)16-17(23-20(7,22-16)19(4,5)6)24-21-12-13-9-10-14(25)15(11-13)26-8/h9-12,25H,1-8H3,(H,23,24)/b21-12+. The zero-order chi connectivity index (χ0) is 19.8. The van der Waals surface area contributed by atoms with Crippen molar-refractivity contribution in [2.24, 2.45) is 25.9 Å². The predicted octanol–water partition coefficient (Wildman–Crippen LogP) is 3.99. The largest absolute Gasteiger partial charge is 0.504 e. The summed E-state index contributed by atoms with van der Waals surface area (Å²) in [7, 11) is 1.51. The van der Waals surface area contributed by atoms with Gasteiger partial charge in [-0.3, -0.25) is 10.4 Å². The van der Waals surface area contributed by atoms with E-state index in [1.165, 1.54) is 7.11 Å². The smallest absolute Gasteiger partial charge is 0.166 e. The Labute approximate surface area is 156 Å². The van der Waals surface area contributed by atoms with E-state index in [-0.39, 0.29) is 16.6 Å². The van der Waals surface area contributed by atoms with E-state index < -0.39 is 5.66 Å². The summed E-state index contributed by atoms with van der Waals surface area (Å²) < 4.78 is 5.12. The number of ether oxygens (including phenoxy) is 1. The Bertz CT molecular complexity index is 767. The van der Waals surface area contributed by atoms with E-state index in [1.807, 2.05) is 6.92 Å². The molecule has 0 amide bonds. The molecule has 1 aliphatic rings. The number of aromatic hydroxyl groups is 1. The Morgan fingerprint density at radius 3 is 2.35 bits per heavy atom. The van der Waals surface area contributed by atoms with E-state index >= 15 is 0 Å². The fourth-order valence-electron chi connectivity index (χ4n) is 2.45. The van der Waals surface area contributed by atoms with E-state index in [0.717, 1.165) is 11.3 Å². The first-order chi connectivity index (χ1) is 11.9. The fraction of sp³-hybridized carbons (Fsp3) is 0.550. The molecule has 6 heteroatoms. The number of amidine groups is 1. The highest BCUT2D eigenvalue weighted by Gasteiger charge is 2.44. The summed E-state index contributed by atoms with van der Waals surface area (Å²) in [5.74, 6) is 1.20. The van der Waals surface area contributed by atoms with Crippen LogP contribution in [0.15, 0.2) is 33.3 Å². The average Bonchev–Trinajstić information content (AvgIpc) is 2.87. The molecule has 6 nitrogen and oxygen atoms in total. The van der Waals surface area contributed by atoms with Crippen LogP contribution in [0.1, 0.15) is 54.0 Å². The molecule has 26 heavy (non-hydrogen) atoms. The van der Waals surface area contributed by atoms with Crippen molar-refractivity contribution in [1.29, 1.82) is 0 Å². The zero-order valence-corrected chi connectivity index (χ0v) is 17.0. The third-order valence-corrected chi connectivity index (χ3v) is 4.60. The number of aliphatic imine (C=N–C) groups is 2. The lowest BCUT2D eigenvalue weighted by Crippen LogP contribution is -2.35. The molecule has 0 spiro atoms. The van der Waals surface area contributed by atoms with Crippen molar-refractivity contribution in [3.05, 3.63) is 23.8 Å². The first-order valence-corrected chi connectivity index (χ1v) is 8.74. The molecule has 0 saturated carbocycles. The molecule has 1 atom stereocenters. The Morgan fingerprint density at radius 1 is 1.15 bits per heavy atom. The molecule has 1 aliphatic heterocycles. The number of hydrogen-bond donors (Lipinski definition) is 2. The van der Waals surface area contributed by atoms with Gasteiger partial charge in [-0.2, -0.15) is 5.10 Å². The van der Waals surface area contributed by atoms with Crippen LogP contribution in [0.2, 0.25) is 0 Å². The second kappa shape index (κ2) is 6.74. The number of rotatable bonds is 3. The lowest BCUT2D eigenvalue weighted by molar-refractivity contribution is 0.224. The van der Waals surface area contributed by atoms with Gasteiger partial charge in [-0.15, -0.1) is 0 Å². The third kappa shape index (κ3) is 4.06. The van der Waals surface area contributed by atoms with Crippen LogP contribution < -0.4 is 10.2 Å². The lowest BCUT2D eigenvalue weighted by atomic mass is 9.82. The molecule has 1 unspecified atom stereocenters. The van der Waals surface area contributed by atoms with E-state index in [1.54, 1.807) is 24.4 Å².